The van der Waals surface area contributed by atoms with E-state index in [2.05, 4.69) is 4.98 Å². The van der Waals surface area contributed by atoms with Crippen LogP contribution in [0.5, 0.6) is 0 Å². The van der Waals surface area contributed by atoms with Gasteiger partial charge in [0.05, 0.1) is 5.01 Å². The minimum atomic E-state index is -0.452. The molecule has 1 aromatic carbocycles. The third kappa shape index (κ3) is 2.95. The van der Waals surface area contributed by atoms with E-state index in [4.69, 9.17) is 0 Å². The fraction of sp³-hybridized carbons (Fsp3) is 0.444. The van der Waals surface area contributed by atoms with Gasteiger partial charge in [-0.3, -0.25) is 4.79 Å². The summed E-state index contributed by atoms with van der Waals surface area (Å²) in [6.07, 6.45) is 4.41. The van der Waals surface area contributed by atoms with Gasteiger partial charge in [-0.15, -0.1) is 11.3 Å². The van der Waals surface area contributed by atoms with Crippen molar-refractivity contribution in [3.05, 3.63) is 52.0 Å². The summed E-state index contributed by atoms with van der Waals surface area (Å²) < 4.78 is 27.2. The summed E-state index contributed by atoms with van der Waals surface area (Å²) in [6, 6.07) is 3.48. The highest BCUT2D eigenvalue weighted by Crippen LogP contribution is 2.49. The first-order chi connectivity index (χ1) is 11.6. The smallest absolute Gasteiger partial charge is 0.226 e. The fourth-order valence-electron chi connectivity index (χ4n) is 3.66. The predicted octanol–water partition coefficient (Wildman–Crippen LogP) is 3.93. The lowest BCUT2D eigenvalue weighted by atomic mass is 9.98. The molecule has 1 saturated heterocycles. The van der Waals surface area contributed by atoms with E-state index in [9.17, 15) is 13.6 Å². The number of hydrogen-bond acceptors (Lipinski definition) is 3. The van der Waals surface area contributed by atoms with Gasteiger partial charge in [0.1, 0.15) is 11.6 Å². The van der Waals surface area contributed by atoms with Crippen molar-refractivity contribution in [3.8, 4) is 0 Å². The van der Waals surface area contributed by atoms with E-state index in [1.54, 1.807) is 17.5 Å². The maximum atomic E-state index is 13.9. The molecular formula is C18H18F2N2OS. The molecule has 0 bridgehead atoms. The van der Waals surface area contributed by atoms with Gasteiger partial charge in [0.2, 0.25) is 5.91 Å². The first kappa shape index (κ1) is 15.7. The minimum Gasteiger partial charge on any atom is -0.342 e. The lowest BCUT2D eigenvalue weighted by Crippen LogP contribution is -2.40. The third-order valence-corrected chi connectivity index (χ3v) is 5.94. The van der Waals surface area contributed by atoms with E-state index in [-0.39, 0.29) is 17.7 Å². The largest absolute Gasteiger partial charge is 0.342 e. The second-order valence-corrected chi connectivity index (χ2v) is 7.53. The fourth-order valence-corrected chi connectivity index (χ4v) is 4.43. The highest BCUT2D eigenvalue weighted by Gasteiger charge is 2.47. The highest BCUT2D eigenvalue weighted by atomic mass is 32.1. The molecule has 6 heteroatoms. The van der Waals surface area contributed by atoms with Crippen molar-refractivity contribution in [1.29, 1.82) is 0 Å². The molecule has 2 heterocycles. The monoisotopic (exact) mass is 348 g/mol. The number of carbonyl (C=O) groups excluding carboxylic acids is 1. The van der Waals surface area contributed by atoms with Gasteiger partial charge in [0, 0.05) is 36.5 Å². The normalized spacial score (nSPS) is 26.4. The molecule has 0 N–H and O–H groups in total. The Bertz CT molecular complexity index is 749. The number of halogens is 2. The van der Waals surface area contributed by atoms with Crippen molar-refractivity contribution in [1.82, 2.24) is 9.88 Å². The summed E-state index contributed by atoms with van der Waals surface area (Å²) in [5, 5.41) is 3.04. The molecule has 1 aliphatic heterocycles. The van der Waals surface area contributed by atoms with Crippen molar-refractivity contribution in [2.45, 2.75) is 31.1 Å². The van der Waals surface area contributed by atoms with Crippen LogP contribution in [0.1, 0.15) is 41.7 Å². The molecule has 3 nitrogen and oxygen atoms in total. The van der Waals surface area contributed by atoms with Crippen LogP contribution >= 0.6 is 11.3 Å². The van der Waals surface area contributed by atoms with E-state index < -0.39 is 11.6 Å². The van der Waals surface area contributed by atoms with Gasteiger partial charge < -0.3 is 4.90 Å². The molecule has 4 rings (SSSR count). The average molecular weight is 348 g/mol. The van der Waals surface area contributed by atoms with Crippen LogP contribution in [-0.4, -0.2) is 28.9 Å². The standard InChI is InChI=1S/C18H18F2N2OS/c19-12-3-4-16(20)14(8-12)13-9-15(13)18(23)22-6-1-2-11(10-22)17-21-5-7-24-17/h3-5,7-8,11,13,15H,1-2,6,9-10H2/t11-,13-,15-/m1/s1. The Labute approximate surface area is 143 Å². The molecule has 0 radical (unpaired) electrons. The van der Waals surface area contributed by atoms with Crippen LogP contribution in [0.3, 0.4) is 0 Å². The summed E-state index contributed by atoms with van der Waals surface area (Å²) in [4.78, 5) is 19.0. The van der Waals surface area contributed by atoms with Crippen LogP contribution in [0.4, 0.5) is 8.78 Å². The second-order valence-electron chi connectivity index (χ2n) is 6.61. The maximum absolute atomic E-state index is 13.9. The van der Waals surface area contributed by atoms with Gasteiger partial charge in [0.15, 0.2) is 0 Å². The third-order valence-electron chi connectivity index (χ3n) is 5.00. The number of rotatable bonds is 3. The number of piperidine rings is 1. The van der Waals surface area contributed by atoms with Crippen molar-refractivity contribution < 1.29 is 13.6 Å². The minimum absolute atomic E-state index is 0.0740. The molecule has 2 aliphatic rings. The number of aromatic nitrogens is 1. The SMILES string of the molecule is O=C([C@@H]1C[C@@H]1c1cc(F)ccc1F)N1CCC[C@@H](c2nccs2)C1. The van der Waals surface area contributed by atoms with Crippen LogP contribution in [0.15, 0.2) is 29.8 Å². The highest BCUT2D eigenvalue weighted by molar-refractivity contribution is 7.09. The van der Waals surface area contributed by atoms with Crippen LogP contribution in [0, 0.1) is 17.6 Å². The van der Waals surface area contributed by atoms with Gasteiger partial charge in [0.25, 0.3) is 0 Å². The molecule has 0 unspecified atom stereocenters. The van der Waals surface area contributed by atoms with Crippen LogP contribution in [-0.2, 0) is 4.79 Å². The van der Waals surface area contributed by atoms with Crippen molar-refractivity contribution in [2.24, 2.45) is 5.92 Å². The van der Waals surface area contributed by atoms with Gasteiger partial charge in [-0.1, -0.05) is 0 Å². The molecule has 0 spiro atoms. The molecule has 2 fully saturated rings. The number of hydrogen-bond donors (Lipinski definition) is 0. The first-order valence-corrected chi connectivity index (χ1v) is 9.14. The number of amides is 1. The molecular weight excluding hydrogens is 330 g/mol. The van der Waals surface area contributed by atoms with Gasteiger partial charge in [-0.05, 0) is 48.9 Å². The summed E-state index contributed by atoms with van der Waals surface area (Å²) in [5.74, 6) is -0.900. The molecule has 24 heavy (non-hydrogen) atoms. The zero-order valence-corrected chi connectivity index (χ0v) is 13.9. The first-order valence-electron chi connectivity index (χ1n) is 8.26. The van der Waals surface area contributed by atoms with Gasteiger partial charge in [-0.25, -0.2) is 13.8 Å². The van der Waals surface area contributed by atoms with Gasteiger partial charge in [-0.2, -0.15) is 0 Å². The zero-order chi connectivity index (χ0) is 16.7. The number of thiazole rings is 1. The lowest BCUT2D eigenvalue weighted by molar-refractivity contribution is -0.133. The summed E-state index contributed by atoms with van der Waals surface area (Å²) in [6.45, 7) is 1.43. The predicted molar refractivity (Wildman–Crippen MR) is 87.9 cm³/mol. The molecule has 1 aliphatic carbocycles. The van der Waals surface area contributed by atoms with Crippen molar-refractivity contribution in [2.75, 3.05) is 13.1 Å². The molecule has 126 valence electrons. The average Bonchev–Trinajstić information content (AvgIpc) is 3.19. The van der Waals surface area contributed by atoms with Crippen LogP contribution in [0.25, 0.3) is 0 Å². The summed E-state index contributed by atoms with van der Waals surface area (Å²) in [5.41, 5.74) is 0.335. The lowest BCUT2D eigenvalue weighted by Gasteiger charge is -2.32. The van der Waals surface area contributed by atoms with E-state index in [1.165, 1.54) is 6.07 Å². The number of likely N-dealkylation sites (tertiary alicyclic amines) is 1. The van der Waals surface area contributed by atoms with E-state index in [0.29, 0.717) is 24.4 Å². The van der Waals surface area contributed by atoms with Crippen molar-refractivity contribution in [3.63, 3.8) is 0 Å². The van der Waals surface area contributed by atoms with E-state index in [0.717, 1.165) is 36.5 Å². The summed E-state index contributed by atoms with van der Waals surface area (Å²) in [7, 11) is 0. The second kappa shape index (κ2) is 6.24. The molecule has 1 amide bonds. The Morgan fingerprint density at radius 1 is 1.33 bits per heavy atom. The topological polar surface area (TPSA) is 33.2 Å². The Balaban J connectivity index is 1.44. The quantitative estimate of drug-likeness (QED) is 0.842. The van der Waals surface area contributed by atoms with E-state index in [1.807, 2.05) is 10.3 Å². The summed E-state index contributed by atoms with van der Waals surface area (Å²) >= 11 is 1.63. The van der Waals surface area contributed by atoms with Gasteiger partial charge >= 0.3 is 0 Å². The maximum Gasteiger partial charge on any atom is 0.226 e. The van der Waals surface area contributed by atoms with Crippen LogP contribution in [0.2, 0.25) is 0 Å². The van der Waals surface area contributed by atoms with Crippen molar-refractivity contribution >= 4 is 17.2 Å². The molecule has 2 aromatic rings. The number of nitrogens with zero attached hydrogens (tertiary/aromatic N) is 2. The Hall–Kier alpha value is -1.82. The Morgan fingerprint density at radius 3 is 3.00 bits per heavy atom. The Kier molecular flexibility index (Phi) is 4.08. The molecule has 3 atom stereocenters. The van der Waals surface area contributed by atoms with E-state index >= 15 is 0 Å². The molecule has 1 saturated carbocycles. The number of carbonyl (C=O) groups is 1. The molecule has 1 aromatic heterocycles. The zero-order valence-electron chi connectivity index (χ0n) is 13.1. The van der Waals surface area contributed by atoms with Crippen LogP contribution < -0.4 is 0 Å². The Morgan fingerprint density at radius 2 is 2.21 bits per heavy atom. The number of benzene rings is 1.